The molecule has 1 N–H and O–H groups in total. The fourth-order valence-electron chi connectivity index (χ4n) is 0.369. The molecule has 0 saturated carbocycles. The average Bonchev–Trinajstić information content (AvgIpc) is 1.90. The van der Waals surface area contributed by atoms with Crippen LogP contribution in [0, 0.1) is 0 Å². The summed E-state index contributed by atoms with van der Waals surface area (Å²) >= 11 is 2.62. The molecule has 0 fully saturated rings. The van der Waals surface area contributed by atoms with Crippen LogP contribution in [0.25, 0.3) is 0 Å². The number of aliphatic hydroxyl groups excluding tert-OH is 1. The normalized spacial score (nSPS) is 9.33. The van der Waals surface area contributed by atoms with Crippen molar-refractivity contribution in [2.45, 2.75) is 0 Å². The molecule has 0 aromatic carbocycles. The Morgan fingerprint density at radius 3 is 2.00 bits per heavy atom. The molecule has 0 aliphatic heterocycles. The van der Waals surface area contributed by atoms with Crippen molar-refractivity contribution < 1.29 is 9.50 Å². The van der Waals surface area contributed by atoms with Gasteiger partial charge in [-0.3, -0.25) is 0 Å². The molecule has 0 spiro atoms. The summed E-state index contributed by atoms with van der Waals surface area (Å²) in [7, 11) is 0. The van der Waals surface area contributed by atoms with E-state index in [0.717, 1.165) is 0 Å². The lowest BCUT2D eigenvalue weighted by atomic mass is 10.6. The smallest absolute Gasteiger partial charge is 0.145 e. The second-order valence-corrected chi connectivity index (χ2v) is 3.15. The van der Waals surface area contributed by atoms with E-state index >= 15 is 0 Å². The quantitative estimate of drug-likeness (QED) is 0.694. The van der Waals surface area contributed by atoms with Gasteiger partial charge < -0.3 is 5.11 Å². The molecule has 0 amide bonds. The molecule has 0 atom stereocenters. The van der Waals surface area contributed by atoms with Crippen LogP contribution in [-0.4, -0.2) is 24.2 Å². The van der Waals surface area contributed by atoms with Crippen molar-refractivity contribution >= 4 is 23.5 Å². The van der Waals surface area contributed by atoms with Crippen LogP contribution in [0.2, 0.25) is 0 Å². The SMILES string of the molecule is CSC(SC)=C(F)CO. The Labute approximate surface area is 62.7 Å². The second kappa shape index (κ2) is 5.14. The van der Waals surface area contributed by atoms with E-state index in [9.17, 15) is 4.39 Å². The van der Waals surface area contributed by atoms with Crippen LogP contribution in [-0.2, 0) is 0 Å². The number of hydrogen-bond donors (Lipinski definition) is 1. The van der Waals surface area contributed by atoms with Crippen molar-refractivity contribution in [3.63, 3.8) is 0 Å². The highest BCUT2D eigenvalue weighted by molar-refractivity contribution is 8.21. The van der Waals surface area contributed by atoms with E-state index in [1.165, 1.54) is 23.5 Å². The molecule has 4 heteroatoms. The maximum Gasteiger partial charge on any atom is 0.145 e. The van der Waals surface area contributed by atoms with Crippen LogP contribution in [0.5, 0.6) is 0 Å². The minimum absolute atomic E-state index is 0.435. The summed E-state index contributed by atoms with van der Waals surface area (Å²) in [6.45, 7) is -0.489. The zero-order chi connectivity index (χ0) is 7.28. The van der Waals surface area contributed by atoms with Gasteiger partial charge in [0.15, 0.2) is 0 Å². The fourth-order valence-corrected chi connectivity index (χ4v) is 1.61. The maximum absolute atomic E-state index is 12.4. The number of hydrogen-bond acceptors (Lipinski definition) is 3. The summed E-state index contributed by atoms with van der Waals surface area (Å²) in [6.07, 6.45) is 3.56. The van der Waals surface area contributed by atoms with Crippen molar-refractivity contribution in [2.24, 2.45) is 0 Å². The van der Waals surface area contributed by atoms with E-state index in [1.54, 1.807) is 12.5 Å². The van der Waals surface area contributed by atoms with E-state index in [1.807, 2.05) is 0 Å². The number of halogens is 1. The van der Waals surface area contributed by atoms with Gasteiger partial charge in [-0.25, -0.2) is 4.39 Å². The predicted octanol–water partition coefficient (Wildman–Crippen LogP) is 1.84. The average molecular weight is 168 g/mol. The van der Waals surface area contributed by atoms with E-state index in [0.29, 0.717) is 4.24 Å². The van der Waals surface area contributed by atoms with Gasteiger partial charge in [-0.1, -0.05) is 0 Å². The molecule has 0 unspecified atom stereocenters. The zero-order valence-corrected chi connectivity index (χ0v) is 6.98. The largest absolute Gasteiger partial charge is 0.389 e. The first-order valence-corrected chi connectivity index (χ1v) is 4.78. The molecular weight excluding hydrogens is 159 g/mol. The summed E-state index contributed by atoms with van der Waals surface area (Å²) in [5.74, 6) is -0.435. The van der Waals surface area contributed by atoms with Gasteiger partial charge in [0.05, 0.1) is 10.8 Å². The third-order valence-corrected chi connectivity index (χ3v) is 2.92. The van der Waals surface area contributed by atoms with Crippen LogP contribution < -0.4 is 0 Å². The summed E-state index contributed by atoms with van der Waals surface area (Å²) in [5.41, 5.74) is 0. The van der Waals surface area contributed by atoms with E-state index < -0.39 is 12.4 Å². The molecule has 0 radical (unpaired) electrons. The van der Waals surface area contributed by atoms with Gasteiger partial charge in [0, 0.05) is 0 Å². The van der Waals surface area contributed by atoms with Crippen LogP contribution >= 0.6 is 23.5 Å². The summed E-state index contributed by atoms with van der Waals surface area (Å²) in [6, 6.07) is 0. The summed E-state index contributed by atoms with van der Waals surface area (Å²) < 4.78 is 12.9. The number of aliphatic hydroxyl groups is 1. The Morgan fingerprint density at radius 1 is 1.44 bits per heavy atom. The van der Waals surface area contributed by atoms with Crippen LogP contribution in [0.4, 0.5) is 4.39 Å². The van der Waals surface area contributed by atoms with Crippen LogP contribution in [0.15, 0.2) is 10.1 Å². The second-order valence-electron chi connectivity index (χ2n) is 1.26. The monoisotopic (exact) mass is 168 g/mol. The molecule has 0 rings (SSSR count). The lowest BCUT2D eigenvalue weighted by molar-refractivity contribution is 0.298. The van der Waals surface area contributed by atoms with Gasteiger partial charge in [0.25, 0.3) is 0 Å². The first-order chi connectivity index (χ1) is 4.26. The zero-order valence-electron chi connectivity index (χ0n) is 5.35. The highest BCUT2D eigenvalue weighted by Gasteiger charge is 2.00. The van der Waals surface area contributed by atoms with E-state index in [4.69, 9.17) is 5.11 Å². The van der Waals surface area contributed by atoms with Gasteiger partial charge in [0.1, 0.15) is 5.83 Å². The van der Waals surface area contributed by atoms with Crippen molar-refractivity contribution in [1.82, 2.24) is 0 Å². The molecule has 0 saturated heterocycles. The van der Waals surface area contributed by atoms with Crippen molar-refractivity contribution in [1.29, 1.82) is 0 Å². The molecular formula is C5H9FOS2. The first kappa shape index (κ1) is 9.33. The molecule has 0 aliphatic rings. The minimum Gasteiger partial charge on any atom is -0.389 e. The van der Waals surface area contributed by atoms with Crippen molar-refractivity contribution in [3.05, 3.63) is 10.1 Å². The van der Waals surface area contributed by atoms with Crippen LogP contribution in [0.1, 0.15) is 0 Å². The Morgan fingerprint density at radius 2 is 1.89 bits per heavy atom. The molecule has 0 bridgehead atoms. The lowest BCUT2D eigenvalue weighted by Crippen LogP contribution is -1.84. The summed E-state index contributed by atoms with van der Waals surface area (Å²) in [5, 5.41) is 8.31. The third-order valence-electron chi connectivity index (χ3n) is 0.731. The Kier molecular flexibility index (Phi) is 5.33. The number of rotatable bonds is 3. The highest BCUT2D eigenvalue weighted by atomic mass is 32.2. The molecule has 0 aliphatic carbocycles. The Balaban J connectivity index is 4.01. The molecule has 9 heavy (non-hydrogen) atoms. The molecule has 54 valence electrons. The fraction of sp³-hybridized carbons (Fsp3) is 0.600. The molecule has 0 aromatic heterocycles. The Bertz CT molecular complexity index is 108. The predicted molar refractivity (Wildman–Crippen MR) is 42.2 cm³/mol. The summed E-state index contributed by atoms with van der Waals surface area (Å²) in [4.78, 5) is 0. The van der Waals surface area contributed by atoms with E-state index in [-0.39, 0.29) is 0 Å². The van der Waals surface area contributed by atoms with Crippen molar-refractivity contribution in [3.8, 4) is 0 Å². The van der Waals surface area contributed by atoms with E-state index in [2.05, 4.69) is 0 Å². The molecule has 0 heterocycles. The van der Waals surface area contributed by atoms with Gasteiger partial charge in [-0.05, 0) is 12.5 Å². The molecule has 1 nitrogen and oxygen atoms in total. The minimum atomic E-state index is -0.489. The maximum atomic E-state index is 12.4. The Hall–Kier alpha value is 0.330. The lowest BCUT2D eigenvalue weighted by Gasteiger charge is -1.98. The highest BCUT2D eigenvalue weighted by Crippen LogP contribution is 2.27. The molecule has 0 aromatic rings. The first-order valence-electron chi connectivity index (χ1n) is 2.33. The van der Waals surface area contributed by atoms with Gasteiger partial charge in [0.2, 0.25) is 0 Å². The van der Waals surface area contributed by atoms with Gasteiger partial charge >= 0.3 is 0 Å². The third kappa shape index (κ3) is 3.13. The van der Waals surface area contributed by atoms with Crippen molar-refractivity contribution in [2.75, 3.05) is 19.1 Å². The van der Waals surface area contributed by atoms with Crippen LogP contribution in [0.3, 0.4) is 0 Å². The van der Waals surface area contributed by atoms with Gasteiger partial charge in [-0.2, -0.15) is 0 Å². The topological polar surface area (TPSA) is 20.2 Å². The standard InChI is InChI=1S/C5H9FOS2/c1-8-5(9-2)4(6)3-7/h7H,3H2,1-2H3. The van der Waals surface area contributed by atoms with Gasteiger partial charge in [-0.15, -0.1) is 23.5 Å². The number of thioether (sulfide) groups is 2.